The fourth-order valence-corrected chi connectivity index (χ4v) is 1.41. The molecule has 1 unspecified atom stereocenters. The first-order valence-electron chi connectivity index (χ1n) is 5.54. The number of amides is 1. The number of para-hydroxylation sites is 1. The highest BCUT2D eigenvalue weighted by molar-refractivity contribution is 6.00. The molecular weight excluding hydrogens is 245 g/mol. The molecule has 1 amide bonds. The molecule has 0 aromatic heterocycles. The average Bonchev–Trinajstić information content (AvgIpc) is 2.27. The van der Waals surface area contributed by atoms with Crippen LogP contribution >= 0.6 is 0 Å². The highest BCUT2D eigenvalue weighted by atomic mass is 19.4. The van der Waals surface area contributed by atoms with Crippen LogP contribution in [0.25, 0.3) is 0 Å². The Kier molecular flexibility index (Phi) is 4.21. The maximum atomic E-state index is 12.6. The zero-order valence-corrected chi connectivity index (χ0v) is 10.1. The smallest absolute Gasteiger partial charge is 0.398 e. The number of anilines is 1. The summed E-state index contributed by atoms with van der Waals surface area (Å²) in [5, 5.41) is 2.58. The Bertz CT molecular complexity index is 443. The number of hydrogen-bond acceptors (Lipinski definition) is 2. The Morgan fingerprint density at radius 1 is 1.44 bits per heavy atom. The fourth-order valence-electron chi connectivity index (χ4n) is 1.41. The molecular formula is C12H15F3N2O. The molecule has 0 radical (unpaired) electrons. The van der Waals surface area contributed by atoms with Crippen LogP contribution in [0.5, 0.6) is 0 Å². The van der Waals surface area contributed by atoms with Crippen molar-refractivity contribution in [2.75, 3.05) is 5.73 Å². The maximum Gasteiger partial charge on any atom is 0.418 e. The van der Waals surface area contributed by atoms with E-state index < -0.39 is 23.3 Å². The van der Waals surface area contributed by atoms with Crippen LogP contribution in [0.1, 0.15) is 36.2 Å². The molecule has 100 valence electrons. The van der Waals surface area contributed by atoms with E-state index in [-0.39, 0.29) is 11.6 Å². The Labute approximate surface area is 103 Å². The maximum absolute atomic E-state index is 12.6. The molecule has 0 aliphatic carbocycles. The first-order valence-corrected chi connectivity index (χ1v) is 5.54. The molecule has 18 heavy (non-hydrogen) atoms. The predicted octanol–water partition coefficient (Wildman–Crippen LogP) is 2.82. The third-order valence-corrected chi connectivity index (χ3v) is 2.65. The van der Waals surface area contributed by atoms with Crippen LogP contribution in [0, 0.1) is 0 Å². The van der Waals surface area contributed by atoms with Crippen molar-refractivity contribution in [2.45, 2.75) is 32.5 Å². The molecule has 0 heterocycles. The summed E-state index contributed by atoms with van der Waals surface area (Å²) >= 11 is 0. The van der Waals surface area contributed by atoms with Gasteiger partial charge in [0.25, 0.3) is 5.91 Å². The van der Waals surface area contributed by atoms with Gasteiger partial charge in [-0.3, -0.25) is 4.79 Å². The van der Waals surface area contributed by atoms with Gasteiger partial charge in [-0.25, -0.2) is 0 Å². The minimum absolute atomic E-state index is 0.119. The third kappa shape index (κ3) is 3.15. The summed E-state index contributed by atoms with van der Waals surface area (Å²) in [5.74, 6) is -0.590. The van der Waals surface area contributed by atoms with E-state index in [1.165, 1.54) is 12.1 Å². The standard InChI is InChI=1S/C12H15F3N2O/c1-3-7(2)17-11(18)8-5-4-6-9(10(8)16)12(13,14)15/h4-7H,3,16H2,1-2H3,(H,17,18). The molecule has 0 spiro atoms. The largest absolute Gasteiger partial charge is 0.418 e. The molecule has 1 aromatic carbocycles. The van der Waals surface area contributed by atoms with Gasteiger partial charge in [0.2, 0.25) is 0 Å². The van der Waals surface area contributed by atoms with Gasteiger partial charge in [0, 0.05) is 6.04 Å². The number of hydrogen-bond donors (Lipinski definition) is 2. The van der Waals surface area contributed by atoms with Crippen LogP contribution in [0.4, 0.5) is 18.9 Å². The summed E-state index contributed by atoms with van der Waals surface area (Å²) in [7, 11) is 0. The number of nitrogens with two attached hydrogens (primary N) is 1. The molecule has 3 N–H and O–H groups in total. The van der Waals surface area contributed by atoms with Gasteiger partial charge in [0.1, 0.15) is 0 Å². The number of nitrogen functional groups attached to an aromatic ring is 1. The molecule has 0 aliphatic heterocycles. The minimum atomic E-state index is -4.56. The lowest BCUT2D eigenvalue weighted by atomic mass is 10.1. The summed E-state index contributed by atoms with van der Waals surface area (Å²) in [6, 6.07) is 3.19. The van der Waals surface area contributed by atoms with Gasteiger partial charge in [0.15, 0.2) is 0 Å². The second-order valence-electron chi connectivity index (χ2n) is 4.05. The van der Waals surface area contributed by atoms with Crippen LogP contribution in [0.15, 0.2) is 18.2 Å². The minimum Gasteiger partial charge on any atom is -0.398 e. The number of rotatable bonds is 3. The van der Waals surface area contributed by atoms with E-state index in [0.29, 0.717) is 6.42 Å². The van der Waals surface area contributed by atoms with Gasteiger partial charge in [0.05, 0.1) is 16.8 Å². The molecule has 3 nitrogen and oxygen atoms in total. The lowest BCUT2D eigenvalue weighted by molar-refractivity contribution is -0.136. The molecule has 0 saturated heterocycles. The Morgan fingerprint density at radius 2 is 2.06 bits per heavy atom. The van der Waals surface area contributed by atoms with Crippen LogP contribution < -0.4 is 11.1 Å². The zero-order chi connectivity index (χ0) is 13.9. The lowest BCUT2D eigenvalue weighted by Gasteiger charge is -2.15. The van der Waals surface area contributed by atoms with Gasteiger partial charge in [-0.15, -0.1) is 0 Å². The highest BCUT2D eigenvalue weighted by Gasteiger charge is 2.34. The number of halogens is 3. The molecule has 0 aliphatic rings. The monoisotopic (exact) mass is 260 g/mol. The van der Waals surface area contributed by atoms with Crippen molar-refractivity contribution in [3.63, 3.8) is 0 Å². The second-order valence-corrected chi connectivity index (χ2v) is 4.05. The average molecular weight is 260 g/mol. The zero-order valence-electron chi connectivity index (χ0n) is 10.1. The van der Waals surface area contributed by atoms with E-state index in [1.54, 1.807) is 6.92 Å². The summed E-state index contributed by atoms with van der Waals surface area (Å²) < 4.78 is 37.8. The number of alkyl halides is 3. The quantitative estimate of drug-likeness (QED) is 0.821. The van der Waals surface area contributed by atoms with Gasteiger partial charge in [-0.2, -0.15) is 13.2 Å². The Balaban J connectivity index is 3.08. The molecule has 0 bridgehead atoms. The van der Waals surface area contributed by atoms with Crippen molar-refractivity contribution in [1.29, 1.82) is 0 Å². The molecule has 6 heteroatoms. The fraction of sp³-hybridized carbons (Fsp3) is 0.417. The lowest BCUT2D eigenvalue weighted by Crippen LogP contribution is -2.32. The normalized spacial score (nSPS) is 13.2. The summed E-state index contributed by atoms with van der Waals surface area (Å²) in [6.45, 7) is 3.63. The van der Waals surface area contributed by atoms with Gasteiger partial charge in [-0.05, 0) is 25.5 Å². The van der Waals surface area contributed by atoms with Crippen LogP contribution in [-0.4, -0.2) is 11.9 Å². The Hall–Kier alpha value is -1.72. The highest BCUT2D eigenvalue weighted by Crippen LogP contribution is 2.34. The van der Waals surface area contributed by atoms with E-state index in [4.69, 9.17) is 5.73 Å². The van der Waals surface area contributed by atoms with Crippen molar-refractivity contribution in [3.05, 3.63) is 29.3 Å². The first kappa shape index (κ1) is 14.3. The van der Waals surface area contributed by atoms with E-state index in [9.17, 15) is 18.0 Å². The van der Waals surface area contributed by atoms with Crippen molar-refractivity contribution in [2.24, 2.45) is 0 Å². The summed E-state index contributed by atoms with van der Waals surface area (Å²) in [4.78, 5) is 11.8. The third-order valence-electron chi connectivity index (χ3n) is 2.65. The van der Waals surface area contributed by atoms with Crippen molar-refractivity contribution >= 4 is 11.6 Å². The molecule has 0 fully saturated rings. The van der Waals surface area contributed by atoms with Crippen molar-refractivity contribution in [1.82, 2.24) is 5.32 Å². The SMILES string of the molecule is CCC(C)NC(=O)c1cccc(C(F)(F)F)c1N. The second kappa shape index (κ2) is 5.29. The summed E-state index contributed by atoms with van der Waals surface area (Å²) in [5.41, 5.74) is 3.74. The molecule has 1 rings (SSSR count). The van der Waals surface area contributed by atoms with Crippen molar-refractivity contribution in [3.8, 4) is 0 Å². The van der Waals surface area contributed by atoms with Gasteiger partial charge >= 0.3 is 6.18 Å². The number of carbonyl (C=O) groups is 1. The van der Waals surface area contributed by atoms with E-state index in [0.717, 1.165) is 6.07 Å². The number of benzene rings is 1. The molecule has 1 atom stereocenters. The van der Waals surface area contributed by atoms with Crippen LogP contribution in [0.3, 0.4) is 0 Å². The molecule has 0 saturated carbocycles. The van der Waals surface area contributed by atoms with Crippen molar-refractivity contribution < 1.29 is 18.0 Å². The topological polar surface area (TPSA) is 55.1 Å². The van der Waals surface area contributed by atoms with Crippen LogP contribution in [0.2, 0.25) is 0 Å². The van der Waals surface area contributed by atoms with Crippen LogP contribution in [-0.2, 0) is 6.18 Å². The first-order chi connectivity index (χ1) is 8.27. The van der Waals surface area contributed by atoms with E-state index in [2.05, 4.69) is 5.32 Å². The van der Waals surface area contributed by atoms with E-state index >= 15 is 0 Å². The summed E-state index contributed by atoms with van der Waals surface area (Å²) in [6.07, 6.45) is -3.87. The number of carbonyl (C=O) groups excluding carboxylic acids is 1. The van der Waals surface area contributed by atoms with Gasteiger partial charge in [-0.1, -0.05) is 13.0 Å². The van der Waals surface area contributed by atoms with E-state index in [1.807, 2.05) is 6.92 Å². The number of nitrogens with one attached hydrogen (secondary N) is 1. The van der Waals surface area contributed by atoms with Gasteiger partial charge < -0.3 is 11.1 Å². The predicted molar refractivity (Wildman–Crippen MR) is 63.1 cm³/mol. The molecule has 1 aromatic rings. The Morgan fingerprint density at radius 3 is 2.56 bits per heavy atom.